The van der Waals surface area contributed by atoms with Crippen LogP contribution in [0.5, 0.6) is 0 Å². The van der Waals surface area contributed by atoms with E-state index < -0.39 is 0 Å². The van der Waals surface area contributed by atoms with Gasteiger partial charge < -0.3 is 15.5 Å². The number of hydrogen-bond acceptors (Lipinski definition) is 2. The number of thiocarbonyl (C=S) groups is 1. The van der Waals surface area contributed by atoms with E-state index in [0.29, 0.717) is 10.1 Å². The zero-order valence-corrected chi connectivity index (χ0v) is 16.9. The SMILES string of the molecule is C[C@H]1C[C@H](C)CN(CCCNC(=S)Nc2ccc(Br)c(Cl)c2)C1. The number of benzene rings is 1. The summed E-state index contributed by atoms with van der Waals surface area (Å²) >= 11 is 14.8. The number of nitrogens with one attached hydrogen (secondary N) is 2. The monoisotopic (exact) mass is 417 g/mol. The van der Waals surface area contributed by atoms with Gasteiger partial charge in [0.05, 0.1) is 5.02 Å². The zero-order chi connectivity index (χ0) is 16.8. The largest absolute Gasteiger partial charge is 0.362 e. The fourth-order valence-corrected chi connectivity index (χ4v) is 3.88. The molecule has 0 aromatic heterocycles. The van der Waals surface area contributed by atoms with Gasteiger partial charge in [0.15, 0.2) is 5.11 Å². The molecule has 6 heteroatoms. The molecule has 2 N–H and O–H groups in total. The second-order valence-corrected chi connectivity index (χ2v) is 8.24. The number of piperidine rings is 1. The molecule has 2 atom stereocenters. The van der Waals surface area contributed by atoms with Crippen LogP contribution in [0.25, 0.3) is 0 Å². The van der Waals surface area contributed by atoms with Gasteiger partial charge in [-0.15, -0.1) is 0 Å². The highest BCUT2D eigenvalue weighted by Crippen LogP contribution is 2.25. The predicted molar refractivity (Wildman–Crippen MR) is 107 cm³/mol. The van der Waals surface area contributed by atoms with Crippen LogP contribution in [-0.4, -0.2) is 36.2 Å². The molecule has 2 rings (SSSR count). The summed E-state index contributed by atoms with van der Waals surface area (Å²) in [5.41, 5.74) is 0.898. The number of anilines is 1. The summed E-state index contributed by atoms with van der Waals surface area (Å²) in [6.07, 6.45) is 2.46. The van der Waals surface area contributed by atoms with Gasteiger partial charge >= 0.3 is 0 Å². The second kappa shape index (κ2) is 9.21. The lowest BCUT2D eigenvalue weighted by Gasteiger charge is -2.35. The molecular weight excluding hydrogens is 394 g/mol. The first-order valence-electron chi connectivity index (χ1n) is 8.16. The van der Waals surface area contributed by atoms with Gasteiger partial charge in [0.25, 0.3) is 0 Å². The molecule has 128 valence electrons. The lowest BCUT2D eigenvalue weighted by molar-refractivity contribution is 0.140. The van der Waals surface area contributed by atoms with E-state index in [4.69, 9.17) is 23.8 Å². The maximum Gasteiger partial charge on any atom is 0.170 e. The highest BCUT2D eigenvalue weighted by atomic mass is 79.9. The van der Waals surface area contributed by atoms with Crippen LogP contribution in [0.2, 0.25) is 5.02 Å². The van der Waals surface area contributed by atoms with Crippen molar-refractivity contribution in [3.63, 3.8) is 0 Å². The Morgan fingerprint density at radius 3 is 2.70 bits per heavy atom. The van der Waals surface area contributed by atoms with E-state index in [1.165, 1.54) is 19.5 Å². The molecule has 0 saturated carbocycles. The Labute approximate surface area is 158 Å². The fraction of sp³-hybridized carbons (Fsp3) is 0.588. The minimum absolute atomic E-state index is 0.642. The lowest BCUT2D eigenvalue weighted by atomic mass is 9.92. The average Bonchev–Trinajstić information content (AvgIpc) is 2.46. The zero-order valence-electron chi connectivity index (χ0n) is 13.7. The van der Waals surface area contributed by atoms with Gasteiger partial charge in [-0.2, -0.15) is 0 Å². The van der Waals surface area contributed by atoms with E-state index in [1.807, 2.05) is 18.2 Å². The van der Waals surface area contributed by atoms with E-state index in [0.717, 1.165) is 41.5 Å². The first-order valence-corrected chi connectivity index (χ1v) is 9.74. The number of rotatable bonds is 5. The molecule has 0 aliphatic carbocycles. The van der Waals surface area contributed by atoms with Crippen LogP contribution in [0.15, 0.2) is 22.7 Å². The van der Waals surface area contributed by atoms with Gasteiger partial charge in [-0.05, 0) is 77.6 Å². The number of nitrogens with zero attached hydrogens (tertiary/aromatic N) is 1. The Bertz CT molecular complexity index is 531. The minimum Gasteiger partial charge on any atom is -0.362 e. The first kappa shape index (κ1) is 19.0. The molecular formula is C17H25BrClN3S. The summed E-state index contributed by atoms with van der Waals surface area (Å²) in [4.78, 5) is 2.57. The Balaban J connectivity index is 1.65. The van der Waals surface area contributed by atoms with Gasteiger partial charge in [-0.1, -0.05) is 25.4 Å². The van der Waals surface area contributed by atoms with Crippen LogP contribution in [0.1, 0.15) is 26.7 Å². The van der Waals surface area contributed by atoms with E-state index in [1.54, 1.807) is 0 Å². The summed E-state index contributed by atoms with van der Waals surface area (Å²) in [5.74, 6) is 1.63. The van der Waals surface area contributed by atoms with Crippen molar-refractivity contribution in [1.29, 1.82) is 0 Å². The summed E-state index contributed by atoms with van der Waals surface area (Å²) in [6.45, 7) is 9.17. The van der Waals surface area contributed by atoms with Crippen LogP contribution >= 0.6 is 39.7 Å². The standard InChI is InChI=1S/C17H25BrClN3S/c1-12-8-13(2)11-22(10-12)7-3-6-20-17(23)21-14-4-5-15(18)16(19)9-14/h4-5,9,12-13H,3,6-8,10-11H2,1-2H3,(H2,20,21,23)/t12-,13-/m0/s1. The molecule has 0 bridgehead atoms. The molecule has 1 saturated heterocycles. The molecule has 0 radical (unpaired) electrons. The fourth-order valence-electron chi connectivity index (χ4n) is 3.23. The number of hydrogen-bond donors (Lipinski definition) is 2. The second-order valence-electron chi connectivity index (χ2n) is 6.57. The van der Waals surface area contributed by atoms with Crippen molar-refractivity contribution in [1.82, 2.24) is 10.2 Å². The molecule has 1 aliphatic rings. The van der Waals surface area contributed by atoms with E-state index >= 15 is 0 Å². The molecule has 1 fully saturated rings. The Hall–Kier alpha value is -0.360. The van der Waals surface area contributed by atoms with Gasteiger partial charge in [0, 0.05) is 29.8 Å². The molecule has 0 spiro atoms. The highest BCUT2D eigenvalue weighted by molar-refractivity contribution is 9.10. The van der Waals surface area contributed by atoms with Gasteiger partial charge in [-0.3, -0.25) is 0 Å². The van der Waals surface area contributed by atoms with Crippen LogP contribution in [0.3, 0.4) is 0 Å². The van der Waals surface area contributed by atoms with Crippen molar-refractivity contribution in [2.45, 2.75) is 26.7 Å². The maximum absolute atomic E-state index is 6.08. The van der Waals surface area contributed by atoms with Crippen LogP contribution in [0.4, 0.5) is 5.69 Å². The van der Waals surface area contributed by atoms with Crippen LogP contribution in [0, 0.1) is 11.8 Å². The maximum atomic E-state index is 6.08. The Morgan fingerprint density at radius 1 is 1.35 bits per heavy atom. The minimum atomic E-state index is 0.642. The van der Waals surface area contributed by atoms with Crippen molar-refractivity contribution in [3.8, 4) is 0 Å². The van der Waals surface area contributed by atoms with Gasteiger partial charge in [-0.25, -0.2) is 0 Å². The molecule has 1 aliphatic heterocycles. The van der Waals surface area contributed by atoms with Crippen molar-refractivity contribution in [2.24, 2.45) is 11.8 Å². The summed E-state index contributed by atoms with van der Waals surface area (Å²) in [5, 5.41) is 7.74. The highest BCUT2D eigenvalue weighted by Gasteiger charge is 2.20. The Morgan fingerprint density at radius 2 is 2.04 bits per heavy atom. The van der Waals surface area contributed by atoms with E-state index in [2.05, 4.69) is 45.3 Å². The third kappa shape index (κ3) is 6.57. The molecule has 3 nitrogen and oxygen atoms in total. The quantitative estimate of drug-likeness (QED) is 0.532. The van der Waals surface area contributed by atoms with Crippen LogP contribution in [-0.2, 0) is 0 Å². The lowest BCUT2D eigenvalue weighted by Crippen LogP contribution is -2.40. The molecule has 1 aromatic rings. The van der Waals surface area contributed by atoms with Gasteiger partial charge in [0.2, 0.25) is 0 Å². The summed E-state index contributed by atoms with van der Waals surface area (Å²) < 4.78 is 0.883. The third-order valence-electron chi connectivity index (χ3n) is 4.06. The molecule has 0 unspecified atom stereocenters. The molecule has 23 heavy (non-hydrogen) atoms. The molecule has 0 amide bonds. The topological polar surface area (TPSA) is 27.3 Å². The number of halogens is 2. The molecule has 1 aromatic carbocycles. The third-order valence-corrected chi connectivity index (χ3v) is 5.54. The molecule has 1 heterocycles. The summed E-state index contributed by atoms with van der Waals surface area (Å²) in [7, 11) is 0. The Kier molecular flexibility index (Phi) is 7.60. The smallest absolute Gasteiger partial charge is 0.170 e. The first-order chi connectivity index (χ1) is 10.9. The van der Waals surface area contributed by atoms with E-state index in [9.17, 15) is 0 Å². The van der Waals surface area contributed by atoms with E-state index in [-0.39, 0.29) is 0 Å². The van der Waals surface area contributed by atoms with Crippen molar-refractivity contribution < 1.29 is 0 Å². The van der Waals surface area contributed by atoms with Crippen molar-refractivity contribution >= 4 is 50.5 Å². The normalized spacial score (nSPS) is 21.9. The van der Waals surface area contributed by atoms with Gasteiger partial charge in [0.1, 0.15) is 0 Å². The summed E-state index contributed by atoms with van der Waals surface area (Å²) in [6, 6.07) is 5.71. The number of likely N-dealkylation sites (tertiary alicyclic amines) is 1. The van der Waals surface area contributed by atoms with Crippen molar-refractivity contribution in [3.05, 3.63) is 27.7 Å². The van der Waals surface area contributed by atoms with Crippen molar-refractivity contribution in [2.75, 3.05) is 31.5 Å². The van der Waals surface area contributed by atoms with Crippen LogP contribution < -0.4 is 10.6 Å². The average molecular weight is 419 g/mol. The predicted octanol–water partition coefficient (Wildman–Crippen LogP) is 4.76.